The molecular weight excluding hydrogens is 568 g/mol. The van der Waals surface area contributed by atoms with E-state index in [1.165, 1.54) is 0 Å². The number of alkyl carbamates (subject to hydrolysis) is 2. The third kappa shape index (κ3) is 9.66. The highest BCUT2D eigenvalue weighted by Crippen LogP contribution is 2.34. The molecule has 0 aromatic heterocycles. The van der Waals surface area contributed by atoms with Crippen LogP contribution in [0, 0.1) is 0 Å². The second-order valence-corrected chi connectivity index (χ2v) is 11.6. The first kappa shape index (κ1) is 31.8. The predicted molar refractivity (Wildman–Crippen MR) is 171 cm³/mol. The van der Waals surface area contributed by atoms with Gasteiger partial charge in [-0.25, -0.2) is 9.59 Å². The Kier molecular flexibility index (Phi) is 10.8. The molecular formula is C37H40N2O6. The van der Waals surface area contributed by atoms with Gasteiger partial charge in [0.25, 0.3) is 0 Å². The van der Waals surface area contributed by atoms with Gasteiger partial charge in [-0.05, 0) is 48.9 Å². The lowest BCUT2D eigenvalue weighted by molar-refractivity contribution is -0.150. The van der Waals surface area contributed by atoms with E-state index < -0.39 is 42.3 Å². The fourth-order valence-corrected chi connectivity index (χ4v) is 5.51. The van der Waals surface area contributed by atoms with Gasteiger partial charge in [-0.2, -0.15) is 0 Å². The maximum absolute atomic E-state index is 13.2. The van der Waals surface area contributed by atoms with E-state index in [4.69, 9.17) is 18.9 Å². The second kappa shape index (κ2) is 15.4. The monoisotopic (exact) mass is 608 g/mol. The Labute approximate surface area is 264 Å². The van der Waals surface area contributed by atoms with E-state index in [9.17, 15) is 9.59 Å². The summed E-state index contributed by atoms with van der Waals surface area (Å²) < 4.78 is 24.2. The van der Waals surface area contributed by atoms with E-state index in [0.29, 0.717) is 12.8 Å². The zero-order valence-electron chi connectivity index (χ0n) is 25.6. The second-order valence-electron chi connectivity index (χ2n) is 11.6. The summed E-state index contributed by atoms with van der Waals surface area (Å²) in [6.07, 6.45) is -1.49. The minimum Gasteiger partial charge on any atom is -0.445 e. The lowest BCUT2D eigenvalue weighted by atomic mass is 9.91. The van der Waals surface area contributed by atoms with Crippen LogP contribution in [0.25, 0.3) is 0 Å². The quantitative estimate of drug-likeness (QED) is 0.189. The Morgan fingerprint density at radius 1 is 0.578 bits per heavy atom. The first-order valence-electron chi connectivity index (χ1n) is 15.2. The minimum absolute atomic E-state index is 0.132. The maximum atomic E-state index is 13.2. The summed E-state index contributed by atoms with van der Waals surface area (Å²) in [7, 11) is 0. The van der Waals surface area contributed by atoms with E-state index in [-0.39, 0.29) is 13.2 Å². The molecule has 0 unspecified atom stereocenters. The molecule has 45 heavy (non-hydrogen) atoms. The smallest absolute Gasteiger partial charge is 0.407 e. The zero-order valence-corrected chi connectivity index (χ0v) is 25.6. The molecule has 0 aliphatic carbocycles. The SMILES string of the molecule is CC1(C)O[C@H]([C@@H](Cc2ccccc2)NC(=O)OCc2ccccc2)[C@@H]([C@@H](Cc2ccccc2)NC(=O)OCc2ccccc2)O1. The lowest BCUT2D eigenvalue weighted by Crippen LogP contribution is -2.56. The van der Waals surface area contributed by atoms with Crippen molar-refractivity contribution in [3.63, 3.8) is 0 Å². The molecule has 1 saturated heterocycles. The Bertz CT molecular complexity index is 1370. The highest BCUT2D eigenvalue weighted by Gasteiger charge is 2.49. The van der Waals surface area contributed by atoms with Crippen molar-refractivity contribution in [2.45, 2.75) is 70.0 Å². The van der Waals surface area contributed by atoms with Crippen LogP contribution in [0.1, 0.15) is 36.1 Å². The molecule has 2 amide bonds. The third-order valence-corrected chi connectivity index (χ3v) is 7.59. The first-order chi connectivity index (χ1) is 21.8. The molecule has 8 heteroatoms. The van der Waals surface area contributed by atoms with E-state index in [2.05, 4.69) is 10.6 Å². The highest BCUT2D eigenvalue weighted by molar-refractivity contribution is 5.68. The lowest BCUT2D eigenvalue weighted by Gasteiger charge is -2.32. The van der Waals surface area contributed by atoms with Crippen LogP contribution in [0.5, 0.6) is 0 Å². The van der Waals surface area contributed by atoms with Gasteiger partial charge in [0.1, 0.15) is 25.4 Å². The van der Waals surface area contributed by atoms with Crippen molar-refractivity contribution in [3.05, 3.63) is 144 Å². The van der Waals surface area contributed by atoms with Gasteiger partial charge in [0.2, 0.25) is 0 Å². The Hall–Kier alpha value is -4.66. The molecule has 4 aromatic carbocycles. The Morgan fingerprint density at radius 3 is 1.22 bits per heavy atom. The molecule has 234 valence electrons. The van der Waals surface area contributed by atoms with Crippen LogP contribution in [0.3, 0.4) is 0 Å². The number of nitrogens with one attached hydrogen (secondary N) is 2. The van der Waals surface area contributed by atoms with Gasteiger partial charge in [0.15, 0.2) is 5.79 Å². The summed E-state index contributed by atoms with van der Waals surface area (Å²) in [4.78, 5) is 26.4. The van der Waals surface area contributed by atoms with Crippen LogP contribution < -0.4 is 10.6 Å². The molecule has 1 aliphatic rings. The number of carbonyl (C=O) groups is 2. The predicted octanol–water partition coefficient (Wildman–Crippen LogP) is 6.58. The van der Waals surface area contributed by atoms with Gasteiger partial charge < -0.3 is 29.6 Å². The molecule has 5 rings (SSSR count). The molecule has 4 aromatic rings. The topological polar surface area (TPSA) is 95.1 Å². The van der Waals surface area contributed by atoms with Gasteiger partial charge in [-0.3, -0.25) is 0 Å². The molecule has 0 saturated carbocycles. The van der Waals surface area contributed by atoms with E-state index in [1.54, 1.807) is 0 Å². The summed E-state index contributed by atoms with van der Waals surface area (Å²) >= 11 is 0. The molecule has 0 radical (unpaired) electrons. The van der Waals surface area contributed by atoms with E-state index in [0.717, 1.165) is 22.3 Å². The maximum Gasteiger partial charge on any atom is 0.407 e. The summed E-state index contributed by atoms with van der Waals surface area (Å²) in [6, 6.07) is 37.7. The number of ether oxygens (including phenoxy) is 4. The van der Waals surface area contributed by atoms with Crippen LogP contribution >= 0.6 is 0 Å². The van der Waals surface area contributed by atoms with E-state index in [1.807, 2.05) is 135 Å². The van der Waals surface area contributed by atoms with Gasteiger partial charge >= 0.3 is 12.2 Å². The number of hydrogen-bond acceptors (Lipinski definition) is 6. The molecule has 1 heterocycles. The third-order valence-electron chi connectivity index (χ3n) is 7.59. The van der Waals surface area contributed by atoms with Gasteiger partial charge in [0.05, 0.1) is 12.1 Å². The normalized spacial score (nSPS) is 18.4. The Morgan fingerprint density at radius 2 is 0.889 bits per heavy atom. The van der Waals surface area contributed by atoms with Crippen molar-refractivity contribution in [2.75, 3.05) is 0 Å². The molecule has 8 nitrogen and oxygen atoms in total. The number of carbonyl (C=O) groups excluding carboxylic acids is 2. The van der Waals surface area contributed by atoms with Crippen LogP contribution in [0.15, 0.2) is 121 Å². The largest absolute Gasteiger partial charge is 0.445 e. The van der Waals surface area contributed by atoms with Gasteiger partial charge in [-0.15, -0.1) is 0 Å². The molecule has 1 aliphatic heterocycles. The molecule has 1 fully saturated rings. The number of rotatable bonds is 12. The Balaban J connectivity index is 1.38. The van der Waals surface area contributed by atoms with Crippen molar-refractivity contribution in [1.82, 2.24) is 10.6 Å². The standard InChI is InChI=1S/C37H40N2O6/c1-37(2)44-33(31(23-27-15-7-3-8-16-27)38-35(40)42-25-29-19-11-5-12-20-29)34(45-37)32(24-28-17-9-4-10-18-28)39-36(41)43-26-30-21-13-6-14-22-30/h3-22,31-34H,23-26H2,1-2H3,(H,38,40)(H,39,41)/t31-,32-,33-,34-/m1/s1. The van der Waals surface area contributed by atoms with E-state index >= 15 is 0 Å². The number of hydrogen-bond donors (Lipinski definition) is 2. The fourth-order valence-electron chi connectivity index (χ4n) is 5.51. The summed E-state index contributed by atoms with van der Waals surface area (Å²) in [5.74, 6) is -0.982. The minimum atomic E-state index is -0.982. The zero-order chi connectivity index (χ0) is 31.5. The van der Waals surface area contributed by atoms with Crippen LogP contribution in [-0.4, -0.2) is 42.3 Å². The van der Waals surface area contributed by atoms with Gasteiger partial charge in [0, 0.05) is 0 Å². The average Bonchev–Trinajstić information content (AvgIpc) is 3.39. The molecule has 2 N–H and O–H groups in total. The van der Waals surface area contributed by atoms with Crippen molar-refractivity contribution in [2.24, 2.45) is 0 Å². The number of benzene rings is 4. The summed E-state index contributed by atoms with van der Waals surface area (Å²) in [5.41, 5.74) is 3.78. The highest BCUT2D eigenvalue weighted by atomic mass is 16.8. The first-order valence-corrected chi connectivity index (χ1v) is 15.2. The summed E-state index contributed by atoms with van der Waals surface area (Å²) in [5, 5.41) is 6.11. The van der Waals surface area contributed by atoms with Crippen molar-refractivity contribution < 1.29 is 28.5 Å². The van der Waals surface area contributed by atoms with Crippen LogP contribution in [-0.2, 0) is 45.0 Å². The van der Waals surface area contributed by atoms with Crippen molar-refractivity contribution in [3.8, 4) is 0 Å². The fraction of sp³-hybridized carbons (Fsp3) is 0.297. The average molecular weight is 609 g/mol. The van der Waals surface area contributed by atoms with Crippen molar-refractivity contribution >= 4 is 12.2 Å². The molecule has 4 atom stereocenters. The van der Waals surface area contributed by atoms with Crippen LogP contribution in [0.4, 0.5) is 9.59 Å². The molecule has 0 spiro atoms. The molecule has 0 bridgehead atoms. The summed E-state index contributed by atoms with van der Waals surface area (Å²) in [6.45, 7) is 3.93. The number of amides is 2. The van der Waals surface area contributed by atoms with Gasteiger partial charge in [-0.1, -0.05) is 121 Å². The van der Waals surface area contributed by atoms with Crippen LogP contribution in [0.2, 0.25) is 0 Å². The van der Waals surface area contributed by atoms with Crippen molar-refractivity contribution in [1.29, 1.82) is 0 Å².